The number of piperidine rings is 1. The molecule has 4 heterocycles. The molecule has 2 saturated heterocycles. The number of anilines is 1. The second kappa shape index (κ2) is 8.57. The van der Waals surface area contributed by atoms with Gasteiger partial charge in [0, 0.05) is 39.1 Å². The van der Waals surface area contributed by atoms with Crippen molar-refractivity contribution >= 4 is 40.9 Å². The van der Waals surface area contributed by atoms with Gasteiger partial charge in [0.1, 0.15) is 11.2 Å². The molecule has 4 amide bonds. The van der Waals surface area contributed by atoms with Crippen LogP contribution in [0.15, 0.2) is 36.5 Å². The lowest BCUT2D eigenvalue weighted by Crippen LogP contribution is -2.54. The van der Waals surface area contributed by atoms with Gasteiger partial charge in [-0.25, -0.2) is 4.98 Å². The molecule has 1 aromatic heterocycles. The summed E-state index contributed by atoms with van der Waals surface area (Å²) in [5.41, 5.74) is 2.58. The largest absolute Gasteiger partial charge is 0.368 e. The standard InChI is InChI=1S/C23H22ClN5O4/c24-19-5-2-15(12-25-19)28-9-7-27(8-10-28)13-14-1-3-16-17(11-14)23(33)29(22(16)32)18-4-6-20(30)26-21(18)31/h1-3,5,11-12,18H,4,6-10,13H2,(H,26,30,31). The molecule has 1 unspecified atom stereocenters. The van der Waals surface area contributed by atoms with E-state index < -0.39 is 23.8 Å². The molecule has 2 aromatic rings. The minimum absolute atomic E-state index is 0.104. The van der Waals surface area contributed by atoms with Gasteiger partial charge in [0.15, 0.2) is 0 Å². The number of fused-ring (bicyclic) bond motifs is 1. The first-order valence-corrected chi connectivity index (χ1v) is 11.2. The van der Waals surface area contributed by atoms with E-state index in [4.69, 9.17) is 11.6 Å². The Morgan fingerprint density at radius 3 is 2.42 bits per heavy atom. The zero-order valence-corrected chi connectivity index (χ0v) is 18.5. The summed E-state index contributed by atoms with van der Waals surface area (Å²) in [5, 5.41) is 2.68. The maximum Gasteiger partial charge on any atom is 0.262 e. The summed E-state index contributed by atoms with van der Waals surface area (Å²) in [6, 6.07) is 8.05. The minimum atomic E-state index is -0.950. The van der Waals surface area contributed by atoms with E-state index in [-0.39, 0.29) is 18.7 Å². The van der Waals surface area contributed by atoms with Gasteiger partial charge in [-0.2, -0.15) is 0 Å². The molecule has 0 saturated carbocycles. The van der Waals surface area contributed by atoms with Crippen LogP contribution in [-0.2, 0) is 16.1 Å². The highest BCUT2D eigenvalue weighted by Gasteiger charge is 2.44. The molecule has 0 aliphatic carbocycles. The molecule has 9 nitrogen and oxygen atoms in total. The number of amides is 4. The van der Waals surface area contributed by atoms with Gasteiger partial charge in [-0.3, -0.25) is 34.3 Å². The minimum Gasteiger partial charge on any atom is -0.368 e. The van der Waals surface area contributed by atoms with Crippen LogP contribution in [0.2, 0.25) is 5.15 Å². The number of hydrogen-bond acceptors (Lipinski definition) is 7. The Morgan fingerprint density at radius 2 is 1.73 bits per heavy atom. The second-order valence-corrected chi connectivity index (χ2v) is 8.82. The molecule has 1 aromatic carbocycles. The van der Waals surface area contributed by atoms with Crippen LogP contribution in [0, 0.1) is 0 Å². The maximum absolute atomic E-state index is 13.0. The quantitative estimate of drug-likeness (QED) is 0.536. The van der Waals surface area contributed by atoms with Crippen molar-refractivity contribution in [1.82, 2.24) is 20.1 Å². The lowest BCUT2D eigenvalue weighted by Gasteiger charge is -2.36. The molecular weight excluding hydrogens is 446 g/mol. The summed E-state index contributed by atoms with van der Waals surface area (Å²) >= 11 is 5.87. The third-order valence-corrected chi connectivity index (χ3v) is 6.58. The molecule has 170 valence electrons. The number of nitrogens with zero attached hydrogens (tertiary/aromatic N) is 4. The maximum atomic E-state index is 13.0. The molecule has 5 rings (SSSR count). The fourth-order valence-electron chi connectivity index (χ4n) is 4.59. The van der Waals surface area contributed by atoms with E-state index in [1.165, 1.54) is 0 Å². The summed E-state index contributed by atoms with van der Waals surface area (Å²) in [4.78, 5) is 59.2. The number of carbonyl (C=O) groups is 4. The molecule has 0 bridgehead atoms. The van der Waals surface area contributed by atoms with E-state index in [0.717, 1.165) is 42.3 Å². The Morgan fingerprint density at radius 1 is 0.970 bits per heavy atom. The lowest BCUT2D eigenvalue weighted by molar-refractivity contribution is -0.136. The lowest BCUT2D eigenvalue weighted by atomic mass is 10.0. The van der Waals surface area contributed by atoms with Crippen molar-refractivity contribution in [2.75, 3.05) is 31.1 Å². The van der Waals surface area contributed by atoms with Gasteiger partial charge in [0.05, 0.1) is 23.0 Å². The number of hydrogen-bond donors (Lipinski definition) is 1. The number of benzene rings is 1. The Kier molecular flexibility index (Phi) is 5.59. The van der Waals surface area contributed by atoms with E-state index in [1.54, 1.807) is 24.4 Å². The summed E-state index contributed by atoms with van der Waals surface area (Å²) in [7, 11) is 0. The average molecular weight is 468 g/mol. The molecule has 10 heteroatoms. The van der Waals surface area contributed by atoms with E-state index in [2.05, 4.69) is 20.1 Å². The monoisotopic (exact) mass is 467 g/mol. The number of nitrogens with one attached hydrogen (secondary N) is 1. The van der Waals surface area contributed by atoms with Gasteiger partial charge in [-0.15, -0.1) is 0 Å². The summed E-state index contributed by atoms with van der Waals surface area (Å²) in [6.45, 7) is 4.02. The Labute approximate surface area is 195 Å². The van der Waals surface area contributed by atoms with Crippen LogP contribution in [0.25, 0.3) is 0 Å². The van der Waals surface area contributed by atoms with E-state index in [9.17, 15) is 19.2 Å². The van der Waals surface area contributed by atoms with Gasteiger partial charge in [0.2, 0.25) is 11.8 Å². The normalized spacial score (nSPS) is 21.4. The predicted molar refractivity (Wildman–Crippen MR) is 120 cm³/mol. The Hall–Kier alpha value is -3.30. The molecular formula is C23H22ClN5O4. The van der Waals surface area contributed by atoms with E-state index in [1.807, 2.05) is 12.1 Å². The summed E-state index contributed by atoms with van der Waals surface area (Å²) < 4.78 is 0. The molecule has 0 spiro atoms. The van der Waals surface area contributed by atoms with Crippen LogP contribution in [0.1, 0.15) is 39.1 Å². The molecule has 3 aliphatic rings. The van der Waals surface area contributed by atoms with Crippen LogP contribution in [0.5, 0.6) is 0 Å². The predicted octanol–water partition coefficient (Wildman–Crippen LogP) is 1.46. The molecule has 33 heavy (non-hydrogen) atoms. The number of rotatable bonds is 4. The fraction of sp³-hybridized carbons (Fsp3) is 0.348. The average Bonchev–Trinajstić information content (AvgIpc) is 3.05. The zero-order valence-electron chi connectivity index (χ0n) is 17.8. The van der Waals surface area contributed by atoms with Crippen molar-refractivity contribution in [2.45, 2.75) is 25.4 Å². The van der Waals surface area contributed by atoms with Crippen molar-refractivity contribution in [3.63, 3.8) is 0 Å². The van der Waals surface area contributed by atoms with Crippen molar-refractivity contribution in [3.8, 4) is 0 Å². The topological polar surface area (TPSA) is 103 Å². The van der Waals surface area contributed by atoms with Crippen LogP contribution in [0.3, 0.4) is 0 Å². The first-order valence-electron chi connectivity index (χ1n) is 10.8. The van der Waals surface area contributed by atoms with Crippen molar-refractivity contribution < 1.29 is 19.2 Å². The van der Waals surface area contributed by atoms with Crippen LogP contribution < -0.4 is 10.2 Å². The number of imide groups is 2. The van der Waals surface area contributed by atoms with E-state index in [0.29, 0.717) is 22.8 Å². The van der Waals surface area contributed by atoms with Crippen molar-refractivity contribution in [2.24, 2.45) is 0 Å². The second-order valence-electron chi connectivity index (χ2n) is 8.43. The third-order valence-electron chi connectivity index (χ3n) is 6.36. The molecule has 1 N–H and O–H groups in total. The molecule has 2 fully saturated rings. The SMILES string of the molecule is O=C1CCC(N2C(=O)c3ccc(CN4CCN(c5ccc(Cl)nc5)CC4)cc3C2=O)C(=O)N1. The zero-order chi connectivity index (χ0) is 23.1. The van der Waals surface area contributed by atoms with Gasteiger partial charge in [-0.1, -0.05) is 17.7 Å². The summed E-state index contributed by atoms with van der Waals surface area (Å²) in [6.07, 6.45) is 2.03. The van der Waals surface area contributed by atoms with Gasteiger partial charge in [0.25, 0.3) is 11.8 Å². The smallest absolute Gasteiger partial charge is 0.262 e. The Balaban J connectivity index is 1.25. The molecule has 3 aliphatic heterocycles. The van der Waals surface area contributed by atoms with Crippen LogP contribution in [-0.4, -0.2) is 70.6 Å². The van der Waals surface area contributed by atoms with Crippen molar-refractivity contribution in [1.29, 1.82) is 0 Å². The number of halogens is 1. The number of carbonyl (C=O) groups excluding carboxylic acids is 4. The molecule has 0 radical (unpaired) electrons. The van der Waals surface area contributed by atoms with Crippen molar-refractivity contribution in [3.05, 3.63) is 58.4 Å². The highest BCUT2D eigenvalue weighted by atomic mass is 35.5. The van der Waals surface area contributed by atoms with Crippen LogP contribution in [0.4, 0.5) is 5.69 Å². The first-order chi connectivity index (χ1) is 15.9. The third kappa shape index (κ3) is 4.09. The van der Waals surface area contributed by atoms with Gasteiger partial charge < -0.3 is 4.90 Å². The van der Waals surface area contributed by atoms with Gasteiger partial charge in [-0.05, 0) is 36.2 Å². The van der Waals surface area contributed by atoms with E-state index >= 15 is 0 Å². The highest BCUT2D eigenvalue weighted by molar-refractivity contribution is 6.29. The highest BCUT2D eigenvalue weighted by Crippen LogP contribution is 2.29. The first kappa shape index (κ1) is 21.5. The molecule has 1 atom stereocenters. The van der Waals surface area contributed by atoms with Crippen LogP contribution >= 0.6 is 11.6 Å². The summed E-state index contributed by atoms with van der Waals surface area (Å²) in [5.74, 6) is -1.95. The number of piperazine rings is 1. The fourth-order valence-corrected chi connectivity index (χ4v) is 4.71. The Bertz CT molecular complexity index is 1140. The number of pyridine rings is 1. The number of aromatic nitrogens is 1. The van der Waals surface area contributed by atoms with Gasteiger partial charge >= 0.3 is 0 Å².